The van der Waals surface area contributed by atoms with Crippen molar-refractivity contribution in [1.82, 2.24) is 10.7 Å². The Hall–Kier alpha value is -3.39. The van der Waals surface area contributed by atoms with Gasteiger partial charge in [0.25, 0.3) is 11.8 Å². The topological polar surface area (TPSA) is 106 Å². The third kappa shape index (κ3) is 9.33. The normalized spacial score (nSPS) is 11.8. The molecule has 0 aliphatic rings. The molecule has 0 saturated heterocycles. The SMILES string of the molecule is CCOC(=O)COc1cccc(C=NNC(=O)C(CC(C)C)NC(=O)c2ccc(Cl)cc2)c1. The molecular formula is C24H28ClN3O5. The van der Waals surface area contributed by atoms with Gasteiger partial charge in [-0.25, -0.2) is 10.2 Å². The average molecular weight is 474 g/mol. The third-order valence-corrected chi connectivity index (χ3v) is 4.60. The van der Waals surface area contributed by atoms with Gasteiger partial charge in [-0.15, -0.1) is 0 Å². The van der Waals surface area contributed by atoms with Crippen LogP contribution < -0.4 is 15.5 Å². The Morgan fingerprint density at radius 1 is 1.12 bits per heavy atom. The molecule has 0 spiro atoms. The molecule has 2 rings (SSSR count). The Labute approximate surface area is 198 Å². The zero-order valence-electron chi connectivity index (χ0n) is 18.8. The summed E-state index contributed by atoms with van der Waals surface area (Å²) in [5.41, 5.74) is 3.53. The molecule has 0 bridgehead atoms. The maximum Gasteiger partial charge on any atom is 0.344 e. The summed E-state index contributed by atoms with van der Waals surface area (Å²) in [7, 11) is 0. The van der Waals surface area contributed by atoms with E-state index < -0.39 is 17.9 Å². The van der Waals surface area contributed by atoms with Crippen LogP contribution in [0.3, 0.4) is 0 Å². The summed E-state index contributed by atoms with van der Waals surface area (Å²) in [4.78, 5) is 36.6. The first kappa shape index (κ1) is 25.9. The Balaban J connectivity index is 1.97. The van der Waals surface area contributed by atoms with Crippen LogP contribution >= 0.6 is 11.6 Å². The van der Waals surface area contributed by atoms with E-state index in [0.717, 1.165) is 0 Å². The van der Waals surface area contributed by atoms with E-state index in [2.05, 4.69) is 15.8 Å². The molecule has 1 atom stereocenters. The van der Waals surface area contributed by atoms with Gasteiger partial charge in [0.05, 0.1) is 12.8 Å². The molecule has 0 radical (unpaired) electrons. The number of amides is 2. The van der Waals surface area contributed by atoms with E-state index in [0.29, 0.717) is 28.3 Å². The number of hydrazone groups is 1. The molecule has 0 fully saturated rings. The summed E-state index contributed by atoms with van der Waals surface area (Å²) >= 11 is 5.86. The van der Waals surface area contributed by atoms with E-state index in [1.807, 2.05) is 13.8 Å². The summed E-state index contributed by atoms with van der Waals surface area (Å²) in [6, 6.07) is 12.5. The maximum atomic E-state index is 12.7. The predicted octanol–water partition coefficient (Wildman–Crippen LogP) is 3.58. The van der Waals surface area contributed by atoms with Crippen LogP contribution in [0.25, 0.3) is 0 Å². The van der Waals surface area contributed by atoms with Crippen LogP contribution in [0.5, 0.6) is 5.75 Å². The van der Waals surface area contributed by atoms with Crippen LogP contribution in [-0.4, -0.2) is 43.3 Å². The molecule has 9 heteroatoms. The van der Waals surface area contributed by atoms with Crippen molar-refractivity contribution in [2.45, 2.75) is 33.2 Å². The van der Waals surface area contributed by atoms with Gasteiger partial charge in [-0.2, -0.15) is 5.10 Å². The van der Waals surface area contributed by atoms with Crippen LogP contribution in [0.15, 0.2) is 53.6 Å². The fourth-order valence-electron chi connectivity index (χ4n) is 2.82. The minimum absolute atomic E-state index is 0.170. The van der Waals surface area contributed by atoms with E-state index in [1.165, 1.54) is 6.21 Å². The Morgan fingerprint density at radius 2 is 1.85 bits per heavy atom. The first-order valence-corrected chi connectivity index (χ1v) is 10.9. The van der Waals surface area contributed by atoms with E-state index in [1.54, 1.807) is 55.5 Å². The summed E-state index contributed by atoms with van der Waals surface area (Å²) in [6.07, 6.45) is 1.89. The lowest BCUT2D eigenvalue weighted by molar-refractivity contribution is -0.145. The van der Waals surface area contributed by atoms with E-state index in [9.17, 15) is 14.4 Å². The lowest BCUT2D eigenvalue weighted by Crippen LogP contribution is -2.46. The second-order valence-electron chi connectivity index (χ2n) is 7.56. The smallest absolute Gasteiger partial charge is 0.344 e. The number of nitrogens with one attached hydrogen (secondary N) is 2. The van der Waals surface area contributed by atoms with Crippen LogP contribution in [-0.2, 0) is 14.3 Å². The highest BCUT2D eigenvalue weighted by molar-refractivity contribution is 6.30. The predicted molar refractivity (Wildman–Crippen MR) is 126 cm³/mol. The zero-order chi connectivity index (χ0) is 24.2. The van der Waals surface area contributed by atoms with Gasteiger partial charge in [0, 0.05) is 10.6 Å². The van der Waals surface area contributed by atoms with Crippen molar-refractivity contribution in [3.05, 3.63) is 64.7 Å². The van der Waals surface area contributed by atoms with Crippen LogP contribution in [0.4, 0.5) is 0 Å². The summed E-state index contributed by atoms with van der Waals surface area (Å²) in [5, 5.41) is 7.26. The number of rotatable bonds is 11. The third-order valence-electron chi connectivity index (χ3n) is 4.34. The molecule has 0 aliphatic heterocycles. The van der Waals surface area contributed by atoms with Gasteiger partial charge >= 0.3 is 5.97 Å². The first-order valence-electron chi connectivity index (χ1n) is 10.6. The summed E-state index contributed by atoms with van der Waals surface area (Å²) in [6.45, 7) is 5.72. The van der Waals surface area contributed by atoms with Gasteiger partial charge in [0.2, 0.25) is 0 Å². The van der Waals surface area contributed by atoms with Crippen molar-refractivity contribution >= 4 is 35.6 Å². The van der Waals surface area contributed by atoms with Crippen molar-refractivity contribution in [1.29, 1.82) is 0 Å². The van der Waals surface area contributed by atoms with Crippen molar-refractivity contribution in [3.63, 3.8) is 0 Å². The summed E-state index contributed by atoms with van der Waals surface area (Å²) < 4.78 is 10.2. The average Bonchev–Trinajstić information content (AvgIpc) is 2.78. The van der Waals surface area contributed by atoms with Crippen molar-refractivity contribution in [3.8, 4) is 5.75 Å². The minimum atomic E-state index is -0.760. The number of ether oxygens (including phenoxy) is 2. The number of hydrogen-bond acceptors (Lipinski definition) is 6. The van der Waals surface area contributed by atoms with Crippen molar-refractivity contribution < 1.29 is 23.9 Å². The number of halogens is 1. The molecule has 8 nitrogen and oxygen atoms in total. The molecule has 0 heterocycles. The molecule has 1 unspecified atom stereocenters. The molecule has 0 aliphatic carbocycles. The lowest BCUT2D eigenvalue weighted by atomic mass is 10.0. The Kier molecular flexibility index (Phi) is 10.4. The highest BCUT2D eigenvalue weighted by atomic mass is 35.5. The molecule has 176 valence electrons. The fourth-order valence-corrected chi connectivity index (χ4v) is 2.95. The fraction of sp³-hybridized carbons (Fsp3) is 0.333. The largest absolute Gasteiger partial charge is 0.482 e. The lowest BCUT2D eigenvalue weighted by Gasteiger charge is -2.19. The molecule has 2 aromatic carbocycles. The quantitative estimate of drug-likeness (QED) is 0.295. The number of carbonyl (C=O) groups is 3. The standard InChI is InChI=1S/C24H28ClN3O5/c1-4-32-22(29)15-33-20-7-5-6-17(13-20)14-26-28-24(31)21(12-16(2)3)27-23(30)18-8-10-19(25)11-9-18/h5-11,13-14,16,21H,4,12,15H2,1-3H3,(H,27,30)(H,28,31). The molecule has 33 heavy (non-hydrogen) atoms. The molecule has 2 aromatic rings. The number of nitrogens with zero attached hydrogens (tertiary/aromatic N) is 1. The zero-order valence-corrected chi connectivity index (χ0v) is 19.6. The maximum absolute atomic E-state index is 12.7. The van der Waals surface area contributed by atoms with Gasteiger partial charge in [-0.3, -0.25) is 9.59 Å². The monoisotopic (exact) mass is 473 g/mol. The molecule has 2 N–H and O–H groups in total. The summed E-state index contributed by atoms with van der Waals surface area (Å²) in [5.74, 6) is -0.629. The number of carbonyl (C=O) groups excluding carboxylic acids is 3. The molecule has 0 aromatic heterocycles. The second-order valence-corrected chi connectivity index (χ2v) is 8.00. The van der Waals surface area contributed by atoms with E-state index >= 15 is 0 Å². The van der Waals surface area contributed by atoms with Crippen LogP contribution in [0.1, 0.15) is 43.1 Å². The number of esters is 1. The first-order chi connectivity index (χ1) is 15.8. The molecule has 2 amide bonds. The Bertz CT molecular complexity index is 976. The van der Waals surface area contributed by atoms with Crippen molar-refractivity contribution in [2.75, 3.05) is 13.2 Å². The number of benzene rings is 2. The highest BCUT2D eigenvalue weighted by Gasteiger charge is 2.22. The van der Waals surface area contributed by atoms with Gasteiger partial charge in [-0.05, 0) is 61.2 Å². The van der Waals surface area contributed by atoms with Gasteiger partial charge < -0.3 is 14.8 Å². The van der Waals surface area contributed by atoms with Gasteiger partial charge in [0.1, 0.15) is 11.8 Å². The van der Waals surface area contributed by atoms with Crippen molar-refractivity contribution in [2.24, 2.45) is 11.0 Å². The van der Waals surface area contributed by atoms with Crippen LogP contribution in [0.2, 0.25) is 5.02 Å². The van der Waals surface area contributed by atoms with Gasteiger partial charge in [0.15, 0.2) is 6.61 Å². The Morgan fingerprint density at radius 3 is 2.52 bits per heavy atom. The second kappa shape index (κ2) is 13.2. The molecular weight excluding hydrogens is 446 g/mol. The van der Waals surface area contributed by atoms with Crippen LogP contribution in [0, 0.1) is 5.92 Å². The van der Waals surface area contributed by atoms with E-state index in [4.69, 9.17) is 21.1 Å². The number of hydrogen-bond donors (Lipinski definition) is 2. The van der Waals surface area contributed by atoms with E-state index in [-0.39, 0.29) is 25.0 Å². The molecule has 0 saturated carbocycles. The highest BCUT2D eigenvalue weighted by Crippen LogP contribution is 2.13. The van der Waals surface area contributed by atoms with Gasteiger partial charge in [-0.1, -0.05) is 37.6 Å². The minimum Gasteiger partial charge on any atom is -0.482 e.